The van der Waals surface area contributed by atoms with E-state index in [1.807, 2.05) is 36.4 Å². The SMILES string of the molecule is CC(=O)c1ccc2nc(Cc3ccccc3)[nH]c2c1. The Balaban J connectivity index is 1.95. The Bertz CT molecular complexity index is 729. The maximum absolute atomic E-state index is 11.4. The Hall–Kier alpha value is -2.42. The first-order valence-corrected chi connectivity index (χ1v) is 6.26. The van der Waals surface area contributed by atoms with Crippen LogP contribution in [0.5, 0.6) is 0 Å². The van der Waals surface area contributed by atoms with Gasteiger partial charge in [-0.05, 0) is 30.7 Å². The summed E-state index contributed by atoms with van der Waals surface area (Å²) in [6, 6.07) is 15.8. The fourth-order valence-electron chi connectivity index (χ4n) is 2.15. The smallest absolute Gasteiger partial charge is 0.159 e. The van der Waals surface area contributed by atoms with Crippen LogP contribution in [-0.2, 0) is 6.42 Å². The summed E-state index contributed by atoms with van der Waals surface area (Å²) in [4.78, 5) is 19.2. The number of Topliss-reactive ketones (excluding diaryl/α,β-unsaturated/α-hetero) is 1. The number of aromatic amines is 1. The van der Waals surface area contributed by atoms with Crippen LogP contribution >= 0.6 is 0 Å². The normalized spacial score (nSPS) is 10.8. The third-order valence-electron chi connectivity index (χ3n) is 3.15. The maximum atomic E-state index is 11.4. The number of hydrogen-bond donors (Lipinski definition) is 1. The average Bonchev–Trinajstić information content (AvgIpc) is 2.80. The highest BCUT2D eigenvalue weighted by atomic mass is 16.1. The number of nitrogens with zero attached hydrogens (tertiary/aromatic N) is 1. The van der Waals surface area contributed by atoms with Gasteiger partial charge >= 0.3 is 0 Å². The second-order valence-electron chi connectivity index (χ2n) is 4.63. The number of hydrogen-bond acceptors (Lipinski definition) is 2. The van der Waals surface area contributed by atoms with E-state index < -0.39 is 0 Å². The van der Waals surface area contributed by atoms with E-state index in [1.165, 1.54) is 5.56 Å². The number of H-pyrrole nitrogens is 1. The molecular formula is C16H14N2O. The topological polar surface area (TPSA) is 45.8 Å². The van der Waals surface area contributed by atoms with Crippen LogP contribution in [-0.4, -0.2) is 15.8 Å². The molecule has 3 heteroatoms. The van der Waals surface area contributed by atoms with E-state index in [0.29, 0.717) is 5.56 Å². The van der Waals surface area contributed by atoms with Crippen molar-refractivity contribution in [2.24, 2.45) is 0 Å². The van der Waals surface area contributed by atoms with Crippen LogP contribution in [0.25, 0.3) is 11.0 Å². The molecule has 0 atom stereocenters. The van der Waals surface area contributed by atoms with Gasteiger partial charge in [-0.15, -0.1) is 0 Å². The first kappa shape index (κ1) is 11.7. The Kier molecular flexibility index (Phi) is 2.88. The standard InChI is InChI=1S/C16H14N2O/c1-11(19)13-7-8-14-15(10-13)18-16(17-14)9-12-5-3-2-4-6-12/h2-8,10H,9H2,1H3,(H,17,18). The highest BCUT2D eigenvalue weighted by Gasteiger charge is 2.06. The number of nitrogens with one attached hydrogen (secondary N) is 1. The molecule has 0 unspecified atom stereocenters. The Morgan fingerprint density at radius 3 is 2.68 bits per heavy atom. The van der Waals surface area contributed by atoms with Gasteiger partial charge in [0.1, 0.15) is 5.82 Å². The lowest BCUT2D eigenvalue weighted by molar-refractivity contribution is 0.101. The zero-order chi connectivity index (χ0) is 13.2. The third kappa shape index (κ3) is 2.40. The number of benzene rings is 2. The van der Waals surface area contributed by atoms with E-state index in [9.17, 15) is 4.79 Å². The van der Waals surface area contributed by atoms with Crippen molar-refractivity contribution in [3.05, 3.63) is 65.5 Å². The van der Waals surface area contributed by atoms with Crippen molar-refractivity contribution in [3.63, 3.8) is 0 Å². The summed E-state index contributed by atoms with van der Waals surface area (Å²) in [6.07, 6.45) is 0.769. The monoisotopic (exact) mass is 250 g/mol. The molecule has 3 aromatic rings. The molecule has 0 saturated carbocycles. The molecule has 0 aliphatic rings. The molecule has 1 heterocycles. The lowest BCUT2D eigenvalue weighted by Gasteiger charge is -1.96. The van der Waals surface area contributed by atoms with Crippen molar-refractivity contribution in [1.82, 2.24) is 9.97 Å². The van der Waals surface area contributed by atoms with Crippen LogP contribution in [0.3, 0.4) is 0 Å². The van der Waals surface area contributed by atoms with E-state index in [1.54, 1.807) is 6.92 Å². The molecule has 0 aliphatic carbocycles. The van der Waals surface area contributed by atoms with Crippen molar-refractivity contribution in [2.45, 2.75) is 13.3 Å². The molecule has 3 rings (SSSR count). The summed E-state index contributed by atoms with van der Waals surface area (Å²) in [5, 5.41) is 0. The predicted octanol–water partition coefficient (Wildman–Crippen LogP) is 3.36. The lowest BCUT2D eigenvalue weighted by atomic mass is 10.1. The van der Waals surface area contributed by atoms with Gasteiger partial charge in [0.05, 0.1) is 11.0 Å². The quantitative estimate of drug-likeness (QED) is 0.724. The summed E-state index contributed by atoms with van der Waals surface area (Å²) in [5.41, 5.74) is 3.74. The molecule has 3 nitrogen and oxygen atoms in total. The average molecular weight is 250 g/mol. The van der Waals surface area contributed by atoms with Gasteiger partial charge in [0.2, 0.25) is 0 Å². The largest absolute Gasteiger partial charge is 0.342 e. The zero-order valence-corrected chi connectivity index (χ0v) is 10.7. The molecule has 0 bridgehead atoms. The van der Waals surface area contributed by atoms with Gasteiger partial charge in [-0.2, -0.15) is 0 Å². The molecule has 94 valence electrons. The van der Waals surface area contributed by atoms with Crippen LogP contribution in [0.15, 0.2) is 48.5 Å². The number of ketones is 1. The maximum Gasteiger partial charge on any atom is 0.159 e. The molecule has 0 spiro atoms. The lowest BCUT2D eigenvalue weighted by Crippen LogP contribution is -1.90. The molecule has 0 amide bonds. The number of carbonyl (C=O) groups excluding carboxylic acids is 1. The van der Waals surface area contributed by atoms with E-state index >= 15 is 0 Å². The van der Waals surface area contributed by atoms with Crippen molar-refractivity contribution >= 4 is 16.8 Å². The fraction of sp³-hybridized carbons (Fsp3) is 0.125. The van der Waals surface area contributed by atoms with Crippen molar-refractivity contribution < 1.29 is 4.79 Å². The van der Waals surface area contributed by atoms with Gasteiger partial charge in [-0.25, -0.2) is 4.98 Å². The van der Waals surface area contributed by atoms with E-state index in [0.717, 1.165) is 23.3 Å². The van der Waals surface area contributed by atoms with Crippen molar-refractivity contribution in [2.75, 3.05) is 0 Å². The number of imidazole rings is 1. The van der Waals surface area contributed by atoms with Gasteiger partial charge in [0.15, 0.2) is 5.78 Å². The number of fused-ring (bicyclic) bond motifs is 1. The predicted molar refractivity (Wildman–Crippen MR) is 75.3 cm³/mol. The molecular weight excluding hydrogens is 236 g/mol. The first-order valence-electron chi connectivity index (χ1n) is 6.26. The summed E-state index contributed by atoms with van der Waals surface area (Å²) in [6.45, 7) is 1.57. The van der Waals surface area contributed by atoms with Crippen LogP contribution in [0.1, 0.15) is 28.7 Å². The fourth-order valence-corrected chi connectivity index (χ4v) is 2.15. The van der Waals surface area contributed by atoms with Gasteiger partial charge < -0.3 is 4.98 Å². The molecule has 2 aromatic carbocycles. The van der Waals surface area contributed by atoms with Crippen LogP contribution in [0, 0.1) is 0 Å². The Morgan fingerprint density at radius 1 is 1.16 bits per heavy atom. The minimum absolute atomic E-state index is 0.0705. The number of rotatable bonds is 3. The van der Waals surface area contributed by atoms with E-state index in [-0.39, 0.29) is 5.78 Å². The van der Waals surface area contributed by atoms with Gasteiger partial charge in [-0.3, -0.25) is 4.79 Å². The van der Waals surface area contributed by atoms with Crippen molar-refractivity contribution in [3.8, 4) is 0 Å². The summed E-state index contributed by atoms with van der Waals surface area (Å²) in [7, 11) is 0. The highest BCUT2D eigenvalue weighted by Crippen LogP contribution is 2.16. The molecule has 1 aromatic heterocycles. The van der Waals surface area contributed by atoms with E-state index in [4.69, 9.17) is 0 Å². The third-order valence-corrected chi connectivity index (χ3v) is 3.15. The Morgan fingerprint density at radius 2 is 1.95 bits per heavy atom. The Labute approximate surface area is 111 Å². The second kappa shape index (κ2) is 4.69. The van der Waals surface area contributed by atoms with E-state index in [2.05, 4.69) is 22.1 Å². The van der Waals surface area contributed by atoms with Gasteiger partial charge in [0.25, 0.3) is 0 Å². The van der Waals surface area contributed by atoms with Gasteiger partial charge in [0, 0.05) is 12.0 Å². The molecule has 0 saturated heterocycles. The van der Waals surface area contributed by atoms with Crippen molar-refractivity contribution in [1.29, 1.82) is 0 Å². The molecule has 19 heavy (non-hydrogen) atoms. The molecule has 1 N–H and O–H groups in total. The zero-order valence-electron chi connectivity index (χ0n) is 10.7. The highest BCUT2D eigenvalue weighted by molar-refractivity contribution is 5.97. The summed E-state index contributed by atoms with van der Waals surface area (Å²) >= 11 is 0. The first-order chi connectivity index (χ1) is 9.22. The minimum Gasteiger partial charge on any atom is -0.342 e. The minimum atomic E-state index is 0.0705. The van der Waals surface area contributed by atoms with Crippen LogP contribution in [0.2, 0.25) is 0 Å². The summed E-state index contributed by atoms with van der Waals surface area (Å²) < 4.78 is 0. The second-order valence-corrected chi connectivity index (χ2v) is 4.63. The number of aromatic nitrogens is 2. The van der Waals surface area contributed by atoms with Crippen LogP contribution in [0.4, 0.5) is 0 Å². The van der Waals surface area contributed by atoms with Crippen LogP contribution < -0.4 is 0 Å². The molecule has 0 aliphatic heterocycles. The summed E-state index contributed by atoms with van der Waals surface area (Å²) in [5.74, 6) is 0.989. The molecule has 0 fully saturated rings. The molecule has 0 radical (unpaired) electrons. The van der Waals surface area contributed by atoms with Gasteiger partial charge in [-0.1, -0.05) is 30.3 Å². The number of carbonyl (C=O) groups is 1.